The fourth-order valence-corrected chi connectivity index (χ4v) is 3.50. The van der Waals surface area contributed by atoms with Crippen LogP contribution in [-0.4, -0.2) is 41.3 Å². The third-order valence-corrected chi connectivity index (χ3v) is 4.61. The average molecular weight is 305 g/mol. The summed E-state index contributed by atoms with van der Waals surface area (Å²) in [6, 6.07) is 4.03. The Labute approximate surface area is 128 Å². The van der Waals surface area contributed by atoms with Gasteiger partial charge in [0.1, 0.15) is 10.8 Å². The van der Waals surface area contributed by atoms with Crippen molar-refractivity contribution in [1.29, 1.82) is 0 Å². The lowest BCUT2D eigenvalue weighted by molar-refractivity contribution is 0.0792. The van der Waals surface area contributed by atoms with Crippen LogP contribution in [0.15, 0.2) is 28.1 Å². The molecule has 5 nitrogen and oxygen atoms in total. The SMILES string of the molecule is CN(C)C(=O)c1ccc(CN2CCC[C@@H]2c2nccs2)o1. The molecule has 1 aliphatic heterocycles. The lowest BCUT2D eigenvalue weighted by Gasteiger charge is -2.21. The van der Waals surface area contributed by atoms with Gasteiger partial charge in [-0.25, -0.2) is 4.98 Å². The number of hydrogen-bond acceptors (Lipinski definition) is 5. The molecule has 0 unspecified atom stereocenters. The Bertz CT molecular complexity index is 606. The Morgan fingerprint density at radius 3 is 3.10 bits per heavy atom. The number of furan rings is 1. The van der Waals surface area contributed by atoms with Crippen LogP contribution in [0, 0.1) is 0 Å². The average Bonchev–Trinajstić information content (AvgIpc) is 3.19. The minimum atomic E-state index is -0.0980. The van der Waals surface area contributed by atoms with E-state index in [4.69, 9.17) is 4.42 Å². The summed E-state index contributed by atoms with van der Waals surface area (Å²) in [4.78, 5) is 20.2. The molecule has 0 N–H and O–H groups in total. The van der Waals surface area contributed by atoms with Crippen LogP contribution in [0.5, 0.6) is 0 Å². The molecule has 6 heteroatoms. The summed E-state index contributed by atoms with van der Waals surface area (Å²) in [6.45, 7) is 1.77. The summed E-state index contributed by atoms with van der Waals surface area (Å²) in [5, 5.41) is 3.19. The van der Waals surface area contributed by atoms with E-state index in [9.17, 15) is 4.79 Å². The van der Waals surface area contributed by atoms with Crippen LogP contribution in [0.4, 0.5) is 0 Å². The molecule has 1 aliphatic rings. The van der Waals surface area contributed by atoms with E-state index >= 15 is 0 Å². The maximum Gasteiger partial charge on any atom is 0.289 e. The maximum absolute atomic E-state index is 11.9. The van der Waals surface area contributed by atoms with Crippen molar-refractivity contribution in [3.8, 4) is 0 Å². The summed E-state index contributed by atoms with van der Waals surface area (Å²) >= 11 is 1.70. The van der Waals surface area contributed by atoms with Crippen LogP contribution in [0.3, 0.4) is 0 Å². The summed E-state index contributed by atoms with van der Waals surface area (Å²) in [6.07, 6.45) is 4.17. The second-order valence-corrected chi connectivity index (χ2v) is 6.39. The van der Waals surface area contributed by atoms with E-state index < -0.39 is 0 Å². The summed E-state index contributed by atoms with van der Waals surface area (Å²) < 4.78 is 5.68. The molecule has 0 aromatic carbocycles. The molecule has 0 saturated carbocycles. The first-order chi connectivity index (χ1) is 10.1. The van der Waals surface area contributed by atoms with E-state index in [1.165, 1.54) is 16.3 Å². The number of hydrogen-bond donors (Lipinski definition) is 0. The fraction of sp³-hybridized carbons (Fsp3) is 0.467. The van der Waals surface area contributed by atoms with Gasteiger partial charge in [0.2, 0.25) is 0 Å². The minimum absolute atomic E-state index is 0.0980. The largest absolute Gasteiger partial charge is 0.455 e. The Hall–Kier alpha value is -1.66. The van der Waals surface area contributed by atoms with Gasteiger partial charge in [-0.3, -0.25) is 9.69 Å². The van der Waals surface area contributed by atoms with E-state index in [1.807, 2.05) is 17.6 Å². The number of amides is 1. The van der Waals surface area contributed by atoms with Crippen molar-refractivity contribution < 1.29 is 9.21 Å². The van der Waals surface area contributed by atoms with Crippen molar-refractivity contribution in [3.05, 3.63) is 40.2 Å². The lowest BCUT2D eigenvalue weighted by Crippen LogP contribution is -2.22. The Balaban J connectivity index is 1.70. The summed E-state index contributed by atoms with van der Waals surface area (Å²) in [5.74, 6) is 1.14. The second-order valence-electron chi connectivity index (χ2n) is 5.46. The van der Waals surface area contributed by atoms with Gasteiger partial charge in [-0.1, -0.05) is 0 Å². The fourth-order valence-electron chi connectivity index (χ4n) is 2.69. The molecule has 2 aromatic rings. The number of rotatable bonds is 4. The van der Waals surface area contributed by atoms with Gasteiger partial charge >= 0.3 is 0 Å². The first-order valence-electron chi connectivity index (χ1n) is 7.09. The van der Waals surface area contributed by atoms with E-state index in [-0.39, 0.29) is 5.91 Å². The Morgan fingerprint density at radius 1 is 1.52 bits per heavy atom. The maximum atomic E-state index is 11.9. The van der Waals surface area contributed by atoms with Crippen molar-refractivity contribution in [3.63, 3.8) is 0 Å². The molecular weight excluding hydrogens is 286 g/mol. The molecule has 0 radical (unpaired) electrons. The van der Waals surface area contributed by atoms with Crippen LogP contribution >= 0.6 is 11.3 Å². The second kappa shape index (κ2) is 5.99. The van der Waals surface area contributed by atoms with E-state index in [0.29, 0.717) is 11.8 Å². The number of likely N-dealkylation sites (tertiary alicyclic amines) is 1. The molecule has 1 saturated heterocycles. The molecule has 3 heterocycles. The molecule has 1 amide bonds. The molecular formula is C15H19N3O2S. The van der Waals surface area contributed by atoms with Crippen molar-refractivity contribution in [2.45, 2.75) is 25.4 Å². The van der Waals surface area contributed by atoms with Crippen LogP contribution in [0.25, 0.3) is 0 Å². The first-order valence-corrected chi connectivity index (χ1v) is 7.97. The van der Waals surface area contributed by atoms with E-state index in [2.05, 4.69) is 9.88 Å². The topological polar surface area (TPSA) is 49.6 Å². The van der Waals surface area contributed by atoms with Crippen LogP contribution in [0.2, 0.25) is 0 Å². The quantitative estimate of drug-likeness (QED) is 0.871. The number of thiazole rings is 1. The predicted octanol–water partition coefficient (Wildman–Crippen LogP) is 2.78. The van der Waals surface area contributed by atoms with Gasteiger partial charge in [-0.05, 0) is 31.5 Å². The molecule has 1 atom stereocenters. The highest BCUT2D eigenvalue weighted by Gasteiger charge is 2.28. The third kappa shape index (κ3) is 3.01. The minimum Gasteiger partial charge on any atom is -0.455 e. The Morgan fingerprint density at radius 2 is 2.38 bits per heavy atom. The van der Waals surface area contributed by atoms with Gasteiger partial charge in [0, 0.05) is 25.7 Å². The molecule has 0 aliphatic carbocycles. The monoisotopic (exact) mass is 305 g/mol. The highest BCUT2D eigenvalue weighted by Crippen LogP contribution is 2.34. The Kier molecular flexibility index (Phi) is 4.07. The van der Waals surface area contributed by atoms with Crippen molar-refractivity contribution in [2.75, 3.05) is 20.6 Å². The smallest absolute Gasteiger partial charge is 0.289 e. The number of carbonyl (C=O) groups excluding carboxylic acids is 1. The van der Waals surface area contributed by atoms with Crippen molar-refractivity contribution in [2.24, 2.45) is 0 Å². The molecule has 0 bridgehead atoms. The molecule has 112 valence electrons. The molecule has 1 fully saturated rings. The van der Waals surface area contributed by atoms with Crippen molar-refractivity contribution >= 4 is 17.2 Å². The molecule has 3 rings (SSSR count). The molecule has 2 aromatic heterocycles. The van der Waals surface area contributed by atoms with Gasteiger partial charge in [0.05, 0.1) is 12.6 Å². The van der Waals surface area contributed by atoms with Gasteiger partial charge in [0.25, 0.3) is 5.91 Å². The van der Waals surface area contributed by atoms with Gasteiger partial charge in [-0.2, -0.15) is 0 Å². The zero-order valence-corrected chi connectivity index (χ0v) is 13.1. The number of aromatic nitrogens is 1. The molecule has 21 heavy (non-hydrogen) atoms. The normalized spacial score (nSPS) is 19.0. The summed E-state index contributed by atoms with van der Waals surface area (Å²) in [5.41, 5.74) is 0. The van der Waals surface area contributed by atoms with Crippen LogP contribution in [-0.2, 0) is 6.54 Å². The standard InChI is InChI=1S/C15H19N3O2S/c1-17(2)15(19)13-6-5-11(20-13)10-18-8-3-4-12(18)14-16-7-9-21-14/h5-7,9,12H,3-4,8,10H2,1-2H3/t12-/m1/s1. The highest BCUT2D eigenvalue weighted by atomic mass is 32.1. The van der Waals surface area contributed by atoms with E-state index in [1.54, 1.807) is 31.5 Å². The van der Waals surface area contributed by atoms with Crippen molar-refractivity contribution in [1.82, 2.24) is 14.8 Å². The van der Waals surface area contributed by atoms with Gasteiger partial charge in [-0.15, -0.1) is 11.3 Å². The predicted molar refractivity (Wildman–Crippen MR) is 81.2 cm³/mol. The zero-order valence-electron chi connectivity index (χ0n) is 12.3. The van der Waals surface area contributed by atoms with Gasteiger partial charge < -0.3 is 9.32 Å². The van der Waals surface area contributed by atoms with Crippen LogP contribution < -0.4 is 0 Å². The van der Waals surface area contributed by atoms with Gasteiger partial charge in [0.15, 0.2) is 5.76 Å². The third-order valence-electron chi connectivity index (χ3n) is 3.74. The zero-order chi connectivity index (χ0) is 14.8. The first kappa shape index (κ1) is 14.3. The van der Waals surface area contributed by atoms with Crippen LogP contribution in [0.1, 0.15) is 40.2 Å². The summed E-state index contributed by atoms with van der Waals surface area (Å²) in [7, 11) is 3.45. The lowest BCUT2D eigenvalue weighted by atomic mass is 10.2. The van der Waals surface area contributed by atoms with E-state index in [0.717, 1.165) is 25.3 Å². The highest BCUT2D eigenvalue weighted by molar-refractivity contribution is 7.09. The number of carbonyl (C=O) groups is 1. The molecule has 0 spiro atoms. The number of nitrogens with zero attached hydrogens (tertiary/aromatic N) is 3.